The summed E-state index contributed by atoms with van der Waals surface area (Å²) in [4.78, 5) is 46.4. The lowest BCUT2D eigenvalue weighted by Crippen LogP contribution is -2.69. The fourth-order valence-corrected chi connectivity index (χ4v) is 4.10. The Morgan fingerprint density at radius 2 is 2.07 bits per heavy atom. The van der Waals surface area contributed by atoms with Crippen LogP contribution >= 0.6 is 0 Å². The summed E-state index contributed by atoms with van der Waals surface area (Å²) in [6.45, 7) is 3.78. The number of ether oxygens (including phenoxy) is 1. The second-order valence-corrected chi connectivity index (χ2v) is 7.81. The van der Waals surface area contributed by atoms with Crippen molar-refractivity contribution in [1.29, 1.82) is 0 Å². The first-order valence-corrected chi connectivity index (χ1v) is 9.80. The van der Waals surface area contributed by atoms with Crippen molar-refractivity contribution < 1.29 is 23.9 Å². The van der Waals surface area contributed by atoms with E-state index in [4.69, 9.17) is 4.74 Å². The predicted octanol–water partition coefficient (Wildman–Crippen LogP) is 1.39. The van der Waals surface area contributed by atoms with Crippen molar-refractivity contribution in [1.82, 2.24) is 9.88 Å². The minimum atomic E-state index is -1.57. The van der Waals surface area contributed by atoms with E-state index in [1.807, 2.05) is 13.8 Å². The number of amides is 2. The Kier molecular flexibility index (Phi) is 4.89. The van der Waals surface area contributed by atoms with Crippen molar-refractivity contribution in [3.05, 3.63) is 59.3 Å². The number of nitrogens with zero attached hydrogens (tertiary/aromatic N) is 4. The molecule has 4 rings (SSSR count). The molecule has 1 saturated heterocycles. The number of fused-ring (bicyclic) bond motifs is 3. The van der Waals surface area contributed by atoms with Crippen LogP contribution in [0.5, 0.6) is 0 Å². The third-order valence-corrected chi connectivity index (χ3v) is 5.37. The van der Waals surface area contributed by atoms with Crippen molar-refractivity contribution in [3.8, 4) is 0 Å². The molecule has 2 aliphatic heterocycles. The number of para-hydroxylation sites is 1. The smallest absolute Gasteiger partial charge is 0.354 e. The molecule has 156 valence electrons. The lowest BCUT2D eigenvalue weighted by atomic mass is 9.95. The number of anilines is 1. The molecular formula is C21H22N4O5. The van der Waals surface area contributed by atoms with Gasteiger partial charge in [0.25, 0.3) is 5.91 Å². The summed E-state index contributed by atoms with van der Waals surface area (Å²) in [5.41, 5.74) is -0.799. The zero-order valence-corrected chi connectivity index (χ0v) is 16.8. The Balaban J connectivity index is 1.76. The monoisotopic (exact) mass is 410 g/mol. The molecule has 0 bridgehead atoms. The molecule has 0 spiro atoms. The molecule has 1 unspecified atom stereocenters. The highest BCUT2D eigenvalue weighted by Gasteiger charge is 2.62. The Bertz CT molecular complexity index is 1020. The van der Waals surface area contributed by atoms with Crippen molar-refractivity contribution in [2.45, 2.75) is 39.0 Å². The molecule has 0 radical (unpaired) electrons. The molecule has 0 saturated carbocycles. The Morgan fingerprint density at radius 3 is 2.80 bits per heavy atom. The molecule has 30 heavy (non-hydrogen) atoms. The SMILES string of the molecule is CC(C)CN1C(=O)c2ccccc2N2C(=O)CCC12C(=O)OCc1nccc[n+]1[O-]. The van der Waals surface area contributed by atoms with Gasteiger partial charge in [0.2, 0.25) is 11.6 Å². The van der Waals surface area contributed by atoms with Gasteiger partial charge in [0.15, 0.2) is 6.61 Å². The summed E-state index contributed by atoms with van der Waals surface area (Å²) in [5.74, 6) is -1.25. The van der Waals surface area contributed by atoms with Crippen LogP contribution < -0.4 is 9.63 Å². The number of carbonyl (C=O) groups excluding carboxylic acids is 3. The molecule has 9 nitrogen and oxygen atoms in total. The van der Waals surface area contributed by atoms with Gasteiger partial charge in [-0.05, 0) is 23.0 Å². The minimum absolute atomic E-state index is 0.0102. The highest BCUT2D eigenvalue weighted by molar-refractivity contribution is 6.15. The summed E-state index contributed by atoms with van der Waals surface area (Å²) >= 11 is 0. The fraction of sp³-hybridized carbons (Fsp3) is 0.381. The normalized spacial score (nSPS) is 20.4. The second-order valence-electron chi connectivity index (χ2n) is 7.81. The van der Waals surface area contributed by atoms with E-state index in [1.54, 1.807) is 24.3 Å². The largest absolute Gasteiger partial charge is 0.711 e. The molecule has 1 aromatic heterocycles. The van der Waals surface area contributed by atoms with Gasteiger partial charge in [0.1, 0.15) is 6.20 Å². The summed E-state index contributed by atoms with van der Waals surface area (Å²) in [6.07, 6.45) is 2.91. The van der Waals surface area contributed by atoms with Crippen LogP contribution in [0.25, 0.3) is 0 Å². The van der Waals surface area contributed by atoms with Gasteiger partial charge in [-0.2, -0.15) is 0 Å². The number of benzene rings is 1. The molecule has 1 atom stereocenters. The van der Waals surface area contributed by atoms with Crippen LogP contribution in [0.1, 0.15) is 42.9 Å². The van der Waals surface area contributed by atoms with Crippen LogP contribution in [0.4, 0.5) is 5.69 Å². The molecule has 9 heteroatoms. The maximum Gasteiger partial charge on any atom is 0.354 e. The van der Waals surface area contributed by atoms with Gasteiger partial charge in [-0.1, -0.05) is 26.0 Å². The maximum atomic E-state index is 13.4. The van der Waals surface area contributed by atoms with Crippen LogP contribution in [0.15, 0.2) is 42.7 Å². The quantitative estimate of drug-likeness (QED) is 0.419. The van der Waals surface area contributed by atoms with E-state index in [-0.39, 0.29) is 49.5 Å². The van der Waals surface area contributed by atoms with Crippen molar-refractivity contribution in [3.63, 3.8) is 0 Å². The highest BCUT2D eigenvalue weighted by atomic mass is 16.5. The zero-order chi connectivity index (χ0) is 21.5. The van der Waals surface area contributed by atoms with E-state index in [0.29, 0.717) is 16.0 Å². The first-order chi connectivity index (χ1) is 14.4. The topological polar surface area (TPSA) is 107 Å². The van der Waals surface area contributed by atoms with E-state index in [9.17, 15) is 19.6 Å². The molecule has 2 amide bonds. The van der Waals surface area contributed by atoms with Crippen LogP contribution in [-0.4, -0.2) is 39.9 Å². The lowest BCUT2D eigenvalue weighted by molar-refractivity contribution is -0.620. The number of carbonyl (C=O) groups is 3. The zero-order valence-electron chi connectivity index (χ0n) is 16.8. The van der Waals surface area contributed by atoms with Crippen LogP contribution in [0, 0.1) is 11.1 Å². The van der Waals surface area contributed by atoms with Gasteiger partial charge in [-0.15, -0.1) is 0 Å². The van der Waals surface area contributed by atoms with Crippen LogP contribution in [-0.2, 0) is 20.9 Å². The lowest BCUT2D eigenvalue weighted by Gasteiger charge is -2.48. The number of hydrogen-bond acceptors (Lipinski definition) is 6. The summed E-state index contributed by atoms with van der Waals surface area (Å²) in [7, 11) is 0. The second kappa shape index (κ2) is 7.40. The van der Waals surface area contributed by atoms with Gasteiger partial charge < -0.3 is 14.8 Å². The van der Waals surface area contributed by atoms with E-state index in [1.165, 1.54) is 28.3 Å². The molecule has 3 heterocycles. The van der Waals surface area contributed by atoms with Gasteiger partial charge in [0.05, 0.1) is 17.4 Å². The Morgan fingerprint density at radius 1 is 1.30 bits per heavy atom. The van der Waals surface area contributed by atoms with Crippen LogP contribution in [0.3, 0.4) is 0 Å². The molecule has 1 fully saturated rings. The molecular weight excluding hydrogens is 388 g/mol. The first-order valence-electron chi connectivity index (χ1n) is 9.80. The third kappa shape index (κ3) is 2.97. The van der Waals surface area contributed by atoms with Crippen LogP contribution in [0.2, 0.25) is 0 Å². The van der Waals surface area contributed by atoms with Crippen molar-refractivity contribution in [2.75, 3.05) is 11.4 Å². The standard InChI is InChI=1S/C21H22N4O5/c1-14(2)12-23-19(27)15-6-3-4-7-16(15)25-18(26)8-9-21(23,25)20(28)30-13-17-22-10-5-11-24(17)29/h3-7,10-11,14H,8-9,12-13H2,1-2H3. The first kappa shape index (κ1) is 19.8. The van der Waals surface area contributed by atoms with Crippen molar-refractivity contribution >= 4 is 23.5 Å². The van der Waals surface area contributed by atoms with E-state index >= 15 is 0 Å². The van der Waals surface area contributed by atoms with Gasteiger partial charge in [0, 0.05) is 25.5 Å². The number of esters is 1. The average Bonchev–Trinajstić information content (AvgIpc) is 3.08. The highest BCUT2D eigenvalue weighted by Crippen LogP contribution is 2.45. The maximum absolute atomic E-state index is 13.4. The third-order valence-electron chi connectivity index (χ3n) is 5.37. The number of aromatic nitrogens is 2. The number of rotatable bonds is 5. The molecule has 1 aromatic carbocycles. The molecule has 2 aromatic rings. The molecule has 0 N–H and O–H groups in total. The van der Waals surface area contributed by atoms with Crippen molar-refractivity contribution in [2.24, 2.45) is 5.92 Å². The van der Waals surface area contributed by atoms with E-state index in [2.05, 4.69) is 4.98 Å². The fourth-order valence-electron chi connectivity index (χ4n) is 4.10. The van der Waals surface area contributed by atoms with E-state index < -0.39 is 11.6 Å². The van der Waals surface area contributed by atoms with E-state index in [0.717, 1.165) is 0 Å². The Hall–Kier alpha value is -3.49. The van der Waals surface area contributed by atoms with Gasteiger partial charge >= 0.3 is 11.8 Å². The molecule has 2 aliphatic rings. The summed E-state index contributed by atoms with van der Waals surface area (Å²) < 4.78 is 5.98. The average molecular weight is 410 g/mol. The van der Waals surface area contributed by atoms with Gasteiger partial charge in [-0.3, -0.25) is 14.5 Å². The van der Waals surface area contributed by atoms with Gasteiger partial charge in [-0.25, -0.2) is 9.52 Å². The number of hydrogen-bond donors (Lipinski definition) is 0. The summed E-state index contributed by atoms with van der Waals surface area (Å²) in [5, 5.41) is 11.8. The predicted molar refractivity (Wildman–Crippen MR) is 105 cm³/mol. The molecule has 0 aliphatic carbocycles. The summed E-state index contributed by atoms with van der Waals surface area (Å²) in [6, 6.07) is 8.23. The Labute approximate surface area is 173 Å². The minimum Gasteiger partial charge on any atom is -0.711 e.